The van der Waals surface area contributed by atoms with Crippen LogP contribution in [0, 0.1) is 0 Å². The van der Waals surface area contributed by atoms with Crippen molar-refractivity contribution in [3.63, 3.8) is 0 Å². The summed E-state index contributed by atoms with van der Waals surface area (Å²) in [6, 6.07) is 11.4. The molecule has 37 heavy (non-hydrogen) atoms. The van der Waals surface area contributed by atoms with Crippen LogP contribution in [-0.4, -0.2) is 73.1 Å². The van der Waals surface area contributed by atoms with Crippen LogP contribution in [0.25, 0.3) is 5.76 Å². The molecular weight excluding hydrogens is 472 g/mol. The smallest absolute Gasteiger partial charge is 0.295 e. The number of hydrogen-bond donors (Lipinski definition) is 1. The molecule has 1 fully saturated rings. The van der Waals surface area contributed by atoms with Crippen molar-refractivity contribution in [3.05, 3.63) is 59.2 Å². The van der Waals surface area contributed by atoms with Gasteiger partial charge >= 0.3 is 0 Å². The molecule has 0 radical (unpaired) electrons. The molecule has 2 aromatic carbocycles. The van der Waals surface area contributed by atoms with Gasteiger partial charge in [-0.05, 0) is 81.9 Å². The first-order chi connectivity index (χ1) is 17.9. The average Bonchev–Trinajstić information content (AvgIpc) is 3.17. The Morgan fingerprint density at radius 2 is 1.59 bits per heavy atom. The van der Waals surface area contributed by atoms with Gasteiger partial charge in [-0.15, -0.1) is 0 Å². The van der Waals surface area contributed by atoms with Gasteiger partial charge in [-0.1, -0.05) is 19.9 Å². The molecule has 0 aliphatic carbocycles. The summed E-state index contributed by atoms with van der Waals surface area (Å²) in [6.45, 7) is 11.9. The van der Waals surface area contributed by atoms with Crippen molar-refractivity contribution in [2.75, 3.05) is 46.5 Å². The molecule has 1 amide bonds. The molecule has 1 aliphatic rings. The normalized spacial score (nSPS) is 16.9. The van der Waals surface area contributed by atoms with Gasteiger partial charge in [0.2, 0.25) is 0 Å². The molecule has 200 valence electrons. The van der Waals surface area contributed by atoms with Crippen LogP contribution in [0.4, 0.5) is 0 Å². The molecule has 1 atom stereocenters. The zero-order valence-electron chi connectivity index (χ0n) is 22.5. The second-order valence-corrected chi connectivity index (χ2v) is 8.67. The van der Waals surface area contributed by atoms with Gasteiger partial charge in [0, 0.05) is 12.1 Å². The average molecular weight is 511 g/mol. The zero-order valence-corrected chi connectivity index (χ0v) is 22.5. The lowest BCUT2D eigenvalue weighted by molar-refractivity contribution is -0.140. The standard InChI is InChI=1S/C29H38N2O6/c1-6-30(7-2)17-10-18-31-26(21-13-16-23(36-8-3)24(19-21)37-9-4)25(28(33)29(31)34)27(32)20-11-14-22(35-5)15-12-20/h11-16,19,26,32H,6-10,17-18H2,1-5H3/b27-25+. The number of ether oxygens (including phenoxy) is 3. The molecule has 1 heterocycles. The number of nitrogens with zero attached hydrogens (tertiary/aromatic N) is 2. The Balaban J connectivity index is 2.09. The van der Waals surface area contributed by atoms with Gasteiger partial charge in [-0.25, -0.2) is 0 Å². The van der Waals surface area contributed by atoms with Crippen molar-refractivity contribution in [2.45, 2.75) is 40.2 Å². The summed E-state index contributed by atoms with van der Waals surface area (Å²) in [4.78, 5) is 30.4. The quantitative estimate of drug-likeness (QED) is 0.238. The van der Waals surface area contributed by atoms with Crippen molar-refractivity contribution in [1.29, 1.82) is 0 Å². The summed E-state index contributed by atoms with van der Waals surface area (Å²) in [5, 5.41) is 11.3. The summed E-state index contributed by atoms with van der Waals surface area (Å²) in [7, 11) is 1.56. The molecular formula is C29H38N2O6. The van der Waals surface area contributed by atoms with Gasteiger partial charge in [0.05, 0.1) is 31.9 Å². The van der Waals surface area contributed by atoms with Gasteiger partial charge in [-0.2, -0.15) is 0 Å². The van der Waals surface area contributed by atoms with E-state index in [4.69, 9.17) is 14.2 Å². The lowest BCUT2D eigenvalue weighted by atomic mass is 9.95. The summed E-state index contributed by atoms with van der Waals surface area (Å²) in [6.07, 6.45) is 0.698. The van der Waals surface area contributed by atoms with E-state index in [0.717, 1.165) is 19.6 Å². The monoisotopic (exact) mass is 510 g/mol. The highest BCUT2D eigenvalue weighted by atomic mass is 16.5. The maximum Gasteiger partial charge on any atom is 0.295 e. The number of aliphatic hydroxyl groups is 1. The maximum atomic E-state index is 13.3. The van der Waals surface area contributed by atoms with Gasteiger partial charge in [-0.3, -0.25) is 9.59 Å². The molecule has 1 unspecified atom stereocenters. The molecule has 8 nitrogen and oxygen atoms in total. The fraction of sp³-hybridized carbons (Fsp3) is 0.448. The van der Waals surface area contributed by atoms with E-state index in [2.05, 4.69) is 18.7 Å². The van der Waals surface area contributed by atoms with Gasteiger partial charge < -0.3 is 29.1 Å². The molecule has 1 N–H and O–H groups in total. The lowest BCUT2D eigenvalue weighted by Crippen LogP contribution is -2.33. The minimum absolute atomic E-state index is 0.0598. The summed E-state index contributed by atoms with van der Waals surface area (Å²) < 4.78 is 16.7. The third kappa shape index (κ3) is 6.25. The first kappa shape index (κ1) is 28.1. The van der Waals surface area contributed by atoms with Crippen LogP contribution >= 0.6 is 0 Å². The summed E-state index contributed by atoms with van der Waals surface area (Å²) in [5.41, 5.74) is 1.16. The Hall–Kier alpha value is -3.52. The third-order valence-electron chi connectivity index (χ3n) is 6.55. The number of likely N-dealkylation sites (tertiary alicyclic amines) is 1. The largest absolute Gasteiger partial charge is 0.507 e. The van der Waals surface area contributed by atoms with Crippen LogP contribution < -0.4 is 14.2 Å². The highest BCUT2D eigenvalue weighted by Gasteiger charge is 2.46. The van der Waals surface area contributed by atoms with E-state index in [1.807, 2.05) is 19.9 Å². The molecule has 0 bridgehead atoms. The summed E-state index contributed by atoms with van der Waals surface area (Å²) >= 11 is 0. The number of aliphatic hydroxyl groups excluding tert-OH is 1. The number of methoxy groups -OCH3 is 1. The second-order valence-electron chi connectivity index (χ2n) is 8.67. The van der Waals surface area contributed by atoms with E-state index in [1.54, 1.807) is 48.4 Å². The van der Waals surface area contributed by atoms with E-state index in [1.165, 1.54) is 0 Å². The van der Waals surface area contributed by atoms with E-state index in [0.29, 0.717) is 54.6 Å². The summed E-state index contributed by atoms with van der Waals surface area (Å²) in [5.74, 6) is 0.197. The minimum Gasteiger partial charge on any atom is -0.507 e. The molecule has 8 heteroatoms. The van der Waals surface area contributed by atoms with Gasteiger partial charge in [0.25, 0.3) is 11.7 Å². The number of amides is 1. The number of hydrogen-bond acceptors (Lipinski definition) is 7. The number of Topliss-reactive ketones (excluding diaryl/α,β-unsaturated/α-hetero) is 1. The first-order valence-electron chi connectivity index (χ1n) is 12.9. The SMILES string of the molecule is CCOc1ccc(C2/C(=C(\O)c3ccc(OC)cc3)C(=O)C(=O)N2CCCN(CC)CC)cc1OCC. The zero-order chi connectivity index (χ0) is 26.9. The Labute approximate surface area is 219 Å². The van der Waals surface area contributed by atoms with E-state index in [9.17, 15) is 14.7 Å². The number of ketones is 1. The molecule has 3 rings (SSSR count). The van der Waals surface area contributed by atoms with Crippen molar-refractivity contribution >= 4 is 17.4 Å². The van der Waals surface area contributed by atoms with Crippen molar-refractivity contribution < 1.29 is 28.9 Å². The van der Waals surface area contributed by atoms with Crippen LogP contribution in [-0.2, 0) is 9.59 Å². The second kappa shape index (κ2) is 13.1. The Bertz CT molecular complexity index is 1110. The number of benzene rings is 2. The minimum atomic E-state index is -0.756. The molecule has 1 saturated heterocycles. The molecule has 0 spiro atoms. The Kier molecular flexibility index (Phi) is 9.97. The number of carbonyl (C=O) groups is 2. The predicted octanol–water partition coefficient (Wildman–Crippen LogP) is 4.65. The van der Waals surface area contributed by atoms with E-state index < -0.39 is 17.7 Å². The fourth-order valence-corrected chi connectivity index (χ4v) is 4.60. The first-order valence-corrected chi connectivity index (χ1v) is 12.9. The predicted molar refractivity (Wildman–Crippen MR) is 143 cm³/mol. The van der Waals surface area contributed by atoms with Crippen molar-refractivity contribution in [1.82, 2.24) is 9.80 Å². The van der Waals surface area contributed by atoms with Crippen LogP contribution in [0.2, 0.25) is 0 Å². The van der Waals surface area contributed by atoms with Crippen molar-refractivity contribution in [2.24, 2.45) is 0 Å². The molecule has 0 saturated carbocycles. The fourth-order valence-electron chi connectivity index (χ4n) is 4.60. The maximum absolute atomic E-state index is 13.3. The van der Waals surface area contributed by atoms with E-state index in [-0.39, 0.29) is 11.3 Å². The van der Waals surface area contributed by atoms with Gasteiger partial charge in [0.15, 0.2) is 11.5 Å². The molecule has 2 aromatic rings. The molecule has 0 aromatic heterocycles. The highest BCUT2D eigenvalue weighted by Crippen LogP contribution is 2.42. The van der Waals surface area contributed by atoms with Crippen LogP contribution in [0.5, 0.6) is 17.2 Å². The lowest BCUT2D eigenvalue weighted by Gasteiger charge is -2.27. The number of rotatable bonds is 13. The van der Waals surface area contributed by atoms with E-state index >= 15 is 0 Å². The molecule has 1 aliphatic heterocycles. The number of carbonyl (C=O) groups excluding carboxylic acids is 2. The third-order valence-corrected chi connectivity index (χ3v) is 6.55. The van der Waals surface area contributed by atoms with Crippen LogP contribution in [0.3, 0.4) is 0 Å². The van der Waals surface area contributed by atoms with Gasteiger partial charge in [0.1, 0.15) is 11.5 Å². The van der Waals surface area contributed by atoms with Crippen molar-refractivity contribution in [3.8, 4) is 17.2 Å². The Morgan fingerprint density at radius 3 is 2.19 bits per heavy atom. The highest BCUT2D eigenvalue weighted by molar-refractivity contribution is 6.46. The van der Waals surface area contributed by atoms with Crippen LogP contribution in [0.15, 0.2) is 48.0 Å². The topological polar surface area (TPSA) is 88.5 Å². The van der Waals surface area contributed by atoms with Crippen LogP contribution in [0.1, 0.15) is 51.3 Å². The Morgan fingerprint density at radius 1 is 0.946 bits per heavy atom.